The van der Waals surface area contributed by atoms with E-state index < -0.39 is 0 Å². The molecule has 0 unspecified atom stereocenters. The molecular weight excluding hydrogens is 364 g/mol. The summed E-state index contributed by atoms with van der Waals surface area (Å²) in [5, 5.41) is 0. The zero-order valence-electron chi connectivity index (χ0n) is 18.0. The quantitative estimate of drug-likeness (QED) is 0.770. The summed E-state index contributed by atoms with van der Waals surface area (Å²) in [4.78, 5) is 24.3. The lowest BCUT2D eigenvalue weighted by Crippen LogP contribution is -2.51. The molecule has 1 aromatic heterocycles. The number of benzene rings is 1. The van der Waals surface area contributed by atoms with Gasteiger partial charge in [0.05, 0.1) is 5.92 Å². The molecule has 0 aliphatic carbocycles. The lowest BCUT2D eigenvalue weighted by atomic mass is 9.93. The fourth-order valence-electron chi connectivity index (χ4n) is 4.91. The maximum absolute atomic E-state index is 12.9. The highest BCUT2D eigenvalue weighted by atomic mass is 16.4. The van der Waals surface area contributed by atoms with Gasteiger partial charge in [-0.3, -0.25) is 9.69 Å². The van der Waals surface area contributed by atoms with Crippen molar-refractivity contribution in [1.29, 1.82) is 0 Å². The molecule has 6 nitrogen and oxygen atoms in total. The van der Waals surface area contributed by atoms with Crippen LogP contribution >= 0.6 is 0 Å². The summed E-state index contributed by atoms with van der Waals surface area (Å²) < 4.78 is 5.95. The summed E-state index contributed by atoms with van der Waals surface area (Å²) in [6.07, 6.45) is 4.35. The van der Waals surface area contributed by atoms with Crippen LogP contribution in [0.3, 0.4) is 0 Å². The number of anilines is 1. The number of para-hydroxylation sites is 2. The fraction of sp³-hybridized carbons (Fsp3) is 0.652. The number of fused-ring (bicyclic) bond motifs is 1. The molecule has 0 spiro atoms. The van der Waals surface area contributed by atoms with Gasteiger partial charge >= 0.3 is 0 Å². The minimum Gasteiger partial charge on any atom is -0.423 e. The number of hydrogen-bond donors (Lipinski definition) is 0. The van der Waals surface area contributed by atoms with E-state index in [0.29, 0.717) is 17.9 Å². The average Bonchev–Trinajstić information content (AvgIpc) is 3.17. The Balaban J connectivity index is 1.32. The van der Waals surface area contributed by atoms with Gasteiger partial charge in [-0.25, -0.2) is 0 Å². The Morgan fingerprint density at radius 3 is 2.69 bits per heavy atom. The van der Waals surface area contributed by atoms with Crippen molar-refractivity contribution in [2.45, 2.75) is 45.6 Å². The van der Waals surface area contributed by atoms with Crippen molar-refractivity contribution >= 4 is 23.0 Å². The van der Waals surface area contributed by atoms with E-state index in [1.54, 1.807) is 0 Å². The van der Waals surface area contributed by atoms with E-state index in [1.807, 2.05) is 36.2 Å². The third-order valence-corrected chi connectivity index (χ3v) is 6.35. The van der Waals surface area contributed by atoms with E-state index in [4.69, 9.17) is 4.42 Å². The lowest BCUT2D eigenvalue weighted by molar-refractivity contribution is -0.136. The van der Waals surface area contributed by atoms with Crippen LogP contribution in [0, 0.1) is 11.8 Å². The van der Waals surface area contributed by atoms with E-state index in [0.717, 1.165) is 75.5 Å². The number of oxazole rings is 1. The standard InChI is InChI=1S/C23H34N4O2/c1-17(2)15-25(3)22(28)18-7-6-12-27(16-18)19-10-13-26(14-11-19)23-24-20-8-4-5-9-21(20)29-23/h4-5,8-9,17-19H,6-7,10-16H2,1-3H3/t18-/m0/s1. The molecule has 4 rings (SSSR count). The Morgan fingerprint density at radius 1 is 1.21 bits per heavy atom. The molecule has 0 saturated carbocycles. The van der Waals surface area contributed by atoms with Crippen molar-refractivity contribution in [3.05, 3.63) is 24.3 Å². The highest BCUT2D eigenvalue weighted by Gasteiger charge is 2.33. The van der Waals surface area contributed by atoms with Crippen molar-refractivity contribution in [1.82, 2.24) is 14.8 Å². The van der Waals surface area contributed by atoms with E-state index in [1.165, 1.54) is 0 Å². The predicted octanol–water partition coefficient (Wildman–Crippen LogP) is 3.62. The number of likely N-dealkylation sites (tertiary alicyclic amines) is 1. The molecule has 6 heteroatoms. The number of hydrogen-bond acceptors (Lipinski definition) is 5. The molecule has 1 amide bonds. The zero-order chi connectivity index (χ0) is 20.4. The van der Waals surface area contributed by atoms with Gasteiger partial charge in [0.15, 0.2) is 5.58 Å². The normalized spacial score (nSPS) is 21.8. The van der Waals surface area contributed by atoms with Gasteiger partial charge in [0.1, 0.15) is 5.52 Å². The number of carbonyl (C=O) groups is 1. The monoisotopic (exact) mass is 398 g/mol. The number of rotatable bonds is 5. The van der Waals surface area contributed by atoms with Gasteiger partial charge in [0, 0.05) is 39.3 Å². The minimum absolute atomic E-state index is 0.155. The number of piperidine rings is 2. The van der Waals surface area contributed by atoms with Crippen molar-refractivity contribution < 1.29 is 9.21 Å². The second kappa shape index (κ2) is 8.74. The average molecular weight is 399 g/mol. The second-order valence-corrected chi connectivity index (χ2v) is 9.13. The zero-order valence-corrected chi connectivity index (χ0v) is 18.0. The Hall–Kier alpha value is -2.08. The summed E-state index contributed by atoms with van der Waals surface area (Å²) in [5.74, 6) is 0.995. The molecule has 2 saturated heterocycles. The Labute approximate surface area is 173 Å². The third kappa shape index (κ3) is 4.58. The maximum Gasteiger partial charge on any atom is 0.298 e. The molecule has 0 bridgehead atoms. The van der Waals surface area contributed by atoms with E-state index in [2.05, 4.69) is 28.6 Å². The molecule has 158 valence electrons. The summed E-state index contributed by atoms with van der Waals surface area (Å²) in [5.41, 5.74) is 1.78. The summed E-state index contributed by atoms with van der Waals surface area (Å²) in [6.45, 7) is 9.13. The lowest BCUT2D eigenvalue weighted by Gasteiger charge is -2.42. The van der Waals surface area contributed by atoms with Gasteiger partial charge < -0.3 is 14.2 Å². The SMILES string of the molecule is CC(C)CN(C)C(=O)[C@H]1CCCN(C2CCN(c3nc4ccccc4o3)CC2)C1. The van der Waals surface area contributed by atoms with Crippen molar-refractivity contribution in [2.75, 3.05) is 44.7 Å². The molecule has 29 heavy (non-hydrogen) atoms. The molecule has 1 aromatic carbocycles. The van der Waals surface area contributed by atoms with Crippen LogP contribution in [0.5, 0.6) is 0 Å². The van der Waals surface area contributed by atoms with E-state index in [9.17, 15) is 4.79 Å². The van der Waals surface area contributed by atoms with Crippen LogP contribution in [-0.2, 0) is 4.79 Å². The number of carbonyl (C=O) groups excluding carboxylic acids is 1. The number of amides is 1. The Kier molecular flexibility index (Phi) is 6.09. The molecule has 2 aliphatic heterocycles. The molecule has 2 aliphatic rings. The highest BCUT2D eigenvalue weighted by Crippen LogP contribution is 2.28. The number of nitrogens with zero attached hydrogens (tertiary/aromatic N) is 4. The van der Waals surface area contributed by atoms with Gasteiger partial charge in [-0.05, 0) is 50.3 Å². The molecule has 3 heterocycles. The first kappa shape index (κ1) is 20.2. The topological polar surface area (TPSA) is 52.8 Å². The van der Waals surface area contributed by atoms with Crippen LogP contribution in [0.4, 0.5) is 6.01 Å². The van der Waals surface area contributed by atoms with Gasteiger partial charge in [0.2, 0.25) is 5.91 Å². The summed E-state index contributed by atoms with van der Waals surface area (Å²) in [6, 6.07) is 9.24. The number of aromatic nitrogens is 1. The first-order valence-corrected chi connectivity index (χ1v) is 11.1. The molecule has 1 atom stereocenters. The molecule has 0 radical (unpaired) electrons. The Bertz CT molecular complexity index is 792. The first-order valence-electron chi connectivity index (χ1n) is 11.1. The maximum atomic E-state index is 12.9. The van der Waals surface area contributed by atoms with Crippen LogP contribution in [0.15, 0.2) is 28.7 Å². The van der Waals surface area contributed by atoms with Crippen molar-refractivity contribution in [3.63, 3.8) is 0 Å². The smallest absolute Gasteiger partial charge is 0.298 e. The largest absolute Gasteiger partial charge is 0.423 e. The summed E-state index contributed by atoms with van der Waals surface area (Å²) in [7, 11) is 1.96. The van der Waals surface area contributed by atoms with E-state index in [-0.39, 0.29) is 5.92 Å². The molecule has 2 fully saturated rings. The fourth-order valence-corrected chi connectivity index (χ4v) is 4.91. The second-order valence-electron chi connectivity index (χ2n) is 9.13. The third-order valence-electron chi connectivity index (χ3n) is 6.35. The van der Waals surface area contributed by atoms with E-state index >= 15 is 0 Å². The van der Waals surface area contributed by atoms with Crippen LogP contribution in [0.2, 0.25) is 0 Å². The highest BCUT2D eigenvalue weighted by molar-refractivity contribution is 5.79. The first-order chi connectivity index (χ1) is 14.0. The van der Waals surface area contributed by atoms with Gasteiger partial charge in [-0.1, -0.05) is 26.0 Å². The van der Waals surface area contributed by atoms with Gasteiger partial charge in [0.25, 0.3) is 6.01 Å². The molecule has 0 N–H and O–H groups in total. The van der Waals surface area contributed by atoms with Gasteiger partial charge in [-0.15, -0.1) is 0 Å². The molecule has 2 aromatic rings. The molecular formula is C23H34N4O2. The van der Waals surface area contributed by atoms with Crippen molar-refractivity contribution in [2.24, 2.45) is 11.8 Å². The van der Waals surface area contributed by atoms with Crippen LogP contribution in [0.1, 0.15) is 39.5 Å². The van der Waals surface area contributed by atoms with Gasteiger partial charge in [-0.2, -0.15) is 4.98 Å². The minimum atomic E-state index is 0.155. The predicted molar refractivity (Wildman–Crippen MR) is 116 cm³/mol. The van der Waals surface area contributed by atoms with Crippen LogP contribution in [-0.4, -0.2) is 66.5 Å². The van der Waals surface area contributed by atoms with Crippen LogP contribution < -0.4 is 4.90 Å². The van der Waals surface area contributed by atoms with Crippen molar-refractivity contribution in [3.8, 4) is 0 Å². The Morgan fingerprint density at radius 2 is 1.97 bits per heavy atom. The summed E-state index contributed by atoms with van der Waals surface area (Å²) >= 11 is 0. The van der Waals surface area contributed by atoms with Crippen LogP contribution in [0.25, 0.3) is 11.1 Å².